The van der Waals surface area contributed by atoms with Crippen molar-refractivity contribution in [2.45, 2.75) is 20.4 Å². The van der Waals surface area contributed by atoms with Gasteiger partial charge < -0.3 is 9.47 Å². The summed E-state index contributed by atoms with van der Waals surface area (Å²) >= 11 is 3.51. The minimum Gasteiger partial charge on any atom is -0.357 e. The van der Waals surface area contributed by atoms with Gasteiger partial charge in [0, 0.05) is 47.5 Å². The molecule has 0 amide bonds. The Morgan fingerprint density at radius 1 is 1.03 bits per heavy atom. The summed E-state index contributed by atoms with van der Waals surface area (Å²) in [6.07, 6.45) is 3.23. The lowest BCUT2D eigenvalue weighted by Crippen LogP contribution is -2.23. The van der Waals surface area contributed by atoms with E-state index in [2.05, 4.69) is 39.7 Å². The van der Waals surface area contributed by atoms with E-state index in [4.69, 9.17) is 0 Å². The zero-order valence-corrected chi connectivity index (χ0v) is 19.7. The summed E-state index contributed by atoms with van der Waals surface area (Å²) in [5, 5.41) is 0.529. The quantitative estimate of drug-likeness (QED) is 0.331. The third-order valence-electron chi connectivity index (χ3n) is 5.57. The van der Waals surface area contributed by atoms with Crippen LogP contribution in [-0.2, 0) is 6.54 Å². The zero-order valence-electron chi connectivity index (χ0n) is 18.1. The number of fused-ring (bicyclic) bond motifs is 1. The smallest absolute Gasteiger partial charge is 0.200 e. The van der Waals surface area contributed by atoms with Gasteiger partial charge in [0.2, 0.25) is 5.43 Å². The molecule has 0 aliphatic rings. The van der Waals surface area contributed by atoms with E-state index in [1.807, 2.05) is 53.1 Å². The van der Waals surface area contributed by atoms with Gasteiger partial charge in [0.1, 0.15) is 5.82 Å². The number of hydrogen-bond acceptors (Lipinski definition) is 4. The zero-order chi connectivity index (χ0) is 22.7. The summed E-state index contributed by atoms with van der Waals surface area (Å²) < 4.78 is 2.94. The van der Waals surface area contributed by atoms with Gasteiger partial charge in [-0.05, 0) is 55.8 Å². The van der Waals surface area contributed by atoms with Crippen LogP contribution >= 0.6 is 15.9 Å². The van der Waals surface area contributed by atoms with Gasteiger partial charge in [-0.3, -0.25) is 9.59 Å². The predicted octanol–water partition coefficient (Wildman–Crippen LogP) is 5.28. The Labute approximate surface area is 195 Å². The highest BCUT2D eigenvalue weighted by Gasteiger charge is 2.18. The fourth-order valence-corrected chi connectivity index (χ4v) is 4.33. The van der Waals surface area contributed by atoms with Crippen LogP contribution in [-0.4, -0.2) is 28.4 Å². The van der Waals surface area contributed by atoms with Gasteiger partial charge in [0.25, 0.3) is 0 Å². The lowest BCUT2D eigenvalue weighted by Gasteiger charge is -2.19. The Morgan fingerprint density at radius 2 is 1.81 bits per heavy atom. The number of nitrogens with zero attached hydrogens (tertiary/aromatic N) is 3. The summed E-state index contributed by atoms with van der Waals surface area (Å²) in [6.45, 7) is 6.34. The van der Waals surface area contributed by atoms with E-state index in [1.54, 1.807) is 24.5 Å². The second kappa shape index (κ2) is 9.49. The fraction of sp³-hybridized carbons (Fsp3) is 0.192. The third-order valence-corrected chi connectivity index (χ3v) is 6.06. The first-order valence-corrected chi connectivity index (χ1v) is 11.4. The van der Waals surface area contributed by atoms with E-state index in [-0.39, 0.29) is 16.8 Å². The van der Waals surface area contributed by atoms with Crippen LogP contribution in [0.1, 0.15) is 35.3 Å². The summed E-state index contributed by atoms with van der Waals surface area (Å²) in [5.41, 5.74) is 2.16. The topological polar surface area (TPSA) is 55.2 Å². The Balaban J connectivity index is 1.78. The summed E-state index contributed by atoms with van der Waals surface area (Å²) in [4.78, 5) is 33.1. The van der Waals surface area contributed by atoms with Crippen LogP contribution < -0.4 is 10.3 Å². The van der Waals surface area contributed by atoms with Gasteiger partial charge in [-0.1, -0.05) is 40.2 Å². The lowest BCUT2D eigenvalue weighted by molar-refractivity contribution is 0.103. The van der Waals surface area contributed by atoms with Crippen molar-refractivity contribution in [3.05, 3.63) is 104 Å². The second-order valence-electron chi connectivity index (χ2n) is 7.55. The van der Waals surface area contributed by atoms with Crippen LogP contribution in [0.4, 0.5) is 5.82 Å². The molecule has 2 aromatic heterocycles. The average Bonchev–Trinajstić information content (AvgIpc) is 2.82. The molecule has 0 atom stereocenters. The molecule has 0 fully saturated rings. The van der Waals surface area contributed by atoms with Gasteiger partial charge in [-0.2, -0.15) is 0 Å². The molecule has 0 radical (unpaired) electrons. The minimum absolute atomic E-state index is 0.149. The van der Waals surface area contributed by atoms with Crippen LogP contribution in [0.3, 0.4) is 0 Å². The maximum absolute atomic E-state index is 13.3. The molecule has 4 rings (SSSR count). The maximum Gasteiger partial charge on any atom is 0.200 e. The van der Waals surface area contributed by atoms with Crippen molar-refractivity contribution in [2.24, 2.45) is 0 Å². The Kier molecular flexibility index (Phi) is 6.51. The number of pyridine rings is 2. The monoisotopic (exact) mass is 489 g/mol. The Morgan fingerprint density at radius 3 is 2.50 bits per heavy atom. The number of rotatable bonds is 7. The van der Waals surface area contributed by atoms with E-state index in [0.29, 0.717) is 17.5 Å². The number of halogens is 1. The molecule has 2 heterocycles. The number of ketones is 1. The van der Waals surface area contributed by atoms with Crippen LogP contribution in [0.15, 0.2) is 82.3 Å². The van der Waals surface area contributed by atoms with Crippen LogP contribution in [0.2, 0.25) is 0 Å². The first kappa shape index (κ1) is 22.0. The average molecular weight is 490 g/mol. The molecular weight excluding hydrogens is 466 g/mol. The molecule has 0 unspecified atom stereocenters. The van der Waals surface area contributed by atoms with Crippen molar-refractivity contribution in [2.75, 3.05) is 18.0 Å². The Bertz CT molecular complexity index is 1330. The molecule has 0 saturated heterocycles. The first-order valence-electron chi connectivity index (χ1n) is 10.6. The summed E-state index contributed by atoms with van der Waals surface area (Å²) in [6, 6.07) is 19.0. The number of hydrogen-bond donors (Lipinski definition) is 0. The number of anilines is 1. The standard InChI is InChI=1S/C26H24BrN3O2/c1-3-29(4-2)24-13-12-19(15-28-24)25(31)22-17-30(16-18-8-7-9-20(27)14-18)23-11-6-5-10-21(23)26(22)32/h5-15,17H,3-4,16H2,1-2H3. The molecule has 0 aliphatic heterocycles. The largest absolute Gasteiger partial charge is 0.357 e. The van der Waals surface area contributed by atoms with E-state index in [9.17, 15) is 9.59 Å². The van der Waals surface area contributed by atoms with Crippen LogP contribution in [0.5, 0.6) is 0 Å². The molecule has 6 heteroatoms. The number of benzene rings is 2. The highest BCUT2D eigenvalue weighted by atomic mass is 79.9. The Hall–Kier alpha value is -3.25. The van der Waals surface area contributed by atoms with Crippen molar-refractivity contribution < 1.29 is 4.79 Å². The van der Waals surface area contributed by atoms with Crippen molar-refractivity contribution in [1.29, 1.82) is 0 Å². The van der Waals surface area contributed by atoms with E-state index in [1.165, 1.54) is 0 Å². The van der Waals surface area contributed by atoms with Crippen molar-refractivity contribution in [1.82, 2.24) is 9.55 Å². The van der Waals surface area contributed by atoms with Gasteiger partial charge in [0.15, 0.2) is 5.78 Å². The van der Waals surface area contributed by atoms with Gasteiger partial charge in [-0.25, -0.2) is 4.98 Å². The number of aromatic nitrogens is 2. The second-order valence-corrected chi connectivity index (χ2v) is 8.47. The molecule has 5 nitrogen and oxygen atoms in total. The molecule has 0 aliphatic carbocycles. The molecule has 162 valence electrons. The van der Waals surface area contributed by atoms with Gasteiger partial charge in [-0.15, -0.1) is 0 Å². The minimum atomic E-state index is -0.317. The molecule has 0 bridgehead atoms. The van der Waals surface area contributed by atoms with Gasteiger partial charge in [0.05, 0.1) is 11.1 Å². The summed E-state index contributed by atoms with van der Waals surface area (Å²) in [5.74, 6) is 0.500. The molecule has 4 aromatic rings. The lowest BCUT2D eigenvalue weighted by atomic mass is 10.0. The van der Waals surface area contributed by atoms with E-state index < -0.39 is 0 Å². The molecule has 0 saturated carbocycles. The number of carbonyl (C=O) groups is 1. The van der Waals surface area contributed by atoms with Crippen molar-refractivity contribution in [3.8, 4) is 0 Å². The third kappa shape index (κ3) is 4.36. The maximum atomic E-state index is 13.3. The predicted molar refractivity (Wildman–Crippen MR) is 133 cm³/mol. The highest BCUT2D eigenvalue weighted by molar-refractivity contribution is 9.10. The van der Waals surface area contributed by atoms with E-state index >= 15 is 0 Å². The molecular formula is C26H24BrN3O2. The van der Waals surface area contributed by atoms with Crippen LogP contribution in [0, 0.1) is 0 Å². The number of para-hydroxylation sites is 1. The number of carbonyl (C=O) groups excluding carboxylic acids is 1. The van der Waals surface area contributed by atoms with Crippen molar-refractivity contribution in [3.63, 3.8) is 0 Å². The summed E-state index contributed by atoms with van der Waals surface area (Å²) in [7, 11) is 0. The molecule has 0 N–H and O–H groups in total. The molecule has 32 heavy (non-hydrogen) atoms. The van der Waals surface area contributed by atoms with Gasteiger partial charge >= 0.3 is 0 Å². The van der Waals surface area contributed by atoms with E-state index in [0.717, 1.165) is 34.5 Å². The highest BCUT2D eigenvalue weighted by Crippen LogP contribution is 2.19. The van der Waals surface area contributed by atoms with Crippen LogP contribution in [0.25, 0.3) is 10.9 Å². The fourth-order valence-electron chi connectivity index (χ4n) is 3.88. The first-order chi connectivity index (χ1) is 15.5. The van der Waals surface area contributed by atoms with Crippen molar-refractivity contribution >= 4 is 38.4 Å². The SMILES string of the molecule is CCN(CC)c1ccc(C(=O)c2cn(Cc3cccc(Br)c3)c3ccccc3c2=O)cn1. The molecule has 2 aromatic carbocycles. The normalized spacial score (nSPS) is 11.0. The molecule has 0 spiro atoms.